The lowest BCUT2D eigenvalue weighted by atomic mass is 10.1. The van der Waals surface area contributed by atoms with E-state index in [9.17, 15) is 89.0 Å². The number of hydrogen-bond donors (Lipinski definition) is 6. The molecule has 3 saturated heterocycles. The minimum absolute atomic E-state index is 0.0260. The topological polar surface area (TPSA) is 407 Å². The fraction of sp³-hybridized carbons (Fsp3) is 0.292. The summed E-state index contributed by atoms with van der Waals surface area (Å²) in [5, 5.41) is 16.9. The number of aromatic nitrogens is 8. The molecule has 3 aliphatic rings. The molecule has 0 aliphatic carbocycles. The van der Waals surface area contributed by atoms with Crippen LogP contribution in [-0.4, -0.2) is 253 Å². The number of amides is 7. The Morgan fingerprint density at radius 1 is 0.508 bits per heavy atom. The van der Waals surface area contributed by atoms with Crippen LogP contribution in [-0.2, 0) is 14.4 Å². The van der Waals surface area contributed by atoms with Crippen molar-refractivity contribution < 1.29 is 95.1 Å². The van der Waals surface area contributed by atoms with Gasteiger partial charge in [0.1, 0.15) is 16.6 Å². The van der Waals surface area contributed by atoms with Crippen molar-refractivity contribution in [3.8, 4) is 5.75 Å². The predicted molar refractivity (Wildman–Crippen MR) is 466 cm³/mol. The number of aromatic carboxylic acids is 1. The van der Waals surface area contributed by atoms with E-state index in [0.29, 0.717) is 70.7 Å². The zero-order valence-electron chi connectivity index (χ0n) is 72.0. The van der Waals surface area contributed by atoms with Gasteiger partial charge in [-0.25, -0.2) is 32.7 Å². The van der Waals surface area contributed by atoms with Crippen LogP contribution in [0.4, 0.5) is 36.6 Å². The summed E-state index contributed by atoms with van der Waals surface area (Å²) in [7, 11) is -1.00. The Kier molecular flexibility index (Phi) is 31.8. The van der Waals surface area contributed by atoms with Crippen molar-refractivity contribution in [3.05, 3.63) is 248 Å². The first kappa shape index (κ1) is 94.5. The van der Waals surface area contributed by atoms with Crippen LogP contribution in [0.5, 0.6) is 5.75 Å². The summed E-state index contributed by atoms with van der Waals surface area (Å²) in [6.07, 6.45) is 7.55. The number of aromatic amines is 3. The number of pyridine rings is 3. The van der Waals surface area contributed by atoms with Crippen LogP contribution >= 0.6 is 22.7 Å². The lowest BCUT2D eigenvalue weighted by molar-refractivity contribution is -0.130. The number of H-pyrrole nitrogens is 3. The highest BCUT2D eigenvalue weighted by Gasteiger charge is 2.40. The predicted octanol–water partition coefficient (Wildman–Crippen LogP) is 12.7. The number of nitrogen functional groups attached to an aromatic ring is 1. The van der Waals surface area contributed by atoms with E-state index < -0.39 is 107 Å². The summed E-state index contributed by atoms with van der Waals surface area (Å²) in [5.74, 6) is -21.8. The summed E-state index contributed by atoms with van der Waals surface area (Å²) in [4.78, 5) is 194. The minimum Gasteiger partial charge on any atom is -0.478 e. The number of carboxylic acids is 1. The van der Waals surface area contributed by atoms with E-state index in [0.717, 1.165) is 36.4 Å². The number of nitrogens with one attached hydrogen (secondary N) is 4. The minimum atomic E-state index is -2.42. The fourth-order valence-electron chi connectivity index (χ4n) is 14.6. The third-order valence-corrected chi connectivity index (χ3v) is 22.5. The molecule has 7 amide bonds. The number of hydrogen-bond acceptors (Lipinski definition) is 22. The van der Waals surface area contributed by atoms with Gasteiger partial charge in [-0.1, -0.05) is 61.5 Å². The summed E-state index contributed by atoms with van der Waals surface area (Å²) < 4.78 is 88.5. The second-order valence-electron chi connectivity index (χ2n) is 29.9. The highest BCUT2D eigenvalue weighted by atomic mass is 32.1. The van der Waals surface area contributed by atoms with Crippen molar-refractivity contribution >= 4 is 137 Å². The molecule has 0 saturated carbocycles. The van der Waals surface area contributed by atoms with Gasteiger partial charge in [0, 0.05) is 154 Å². The van der Waals surface area contributed by atoms with E-state index in [2.05, 4.69) is 89.4 Å². The number of halogens is 6. The number of aryl methyl sites for hydroxylation is 2. The van der Waals surface area contributed by atoms with Crippen LogP contribution in [0.3, 0.4) is 0 Å². The number of anilines is 2. The van der Waals surface area contributed by atoms with Crippen molar-refractivity contribution in [3.63, 3.8) is 0 Å². The number of esters is 1. The number of ether oxygens (including phenoxy) is 1. The van der Waals surface area contributed by atoms with Gasteiger partial charge in [0.2, 0.25) is 34.8 Å². The van der Waals surface area contributed by atoms with Crippen molar-refractivity contribution in [2.45, 2.75) is 99.4 Å². The largest absolute Gasteiger partial charge is 0.478 e. The molecule has 3 atom stereocenters. The molecule has 7 N–H and O–H groups in total. The number of piperazine rings is 3. The number of fused-ring (bicyclic) bond motifs is 3. The first-order valence-electron chi connectivity index (χ1n) is 40.7. The van der Waals surface area contributed by atoms with Crippen LogP contribution in [0.25, 0.3) is 33.1 Å². The summed E-state index contributed by atoms with van der Waals surface area (Å²) in [6.45, 7) is 23.5. The molecule has 8 aromatic heterocycles. The molecule has 11 heterocycles. The number of alkyl halides is 1. The Morgan fingerprint density at radius 3 is 1.15 bits per heavy atom. The van der Waals surface area contributed by atoms with E-state index in [-0.39, 0.29) is 118 Å². The SMILES string of the molecule is CC1CN(C(=O)c2ccccc2)CCN1C(=O)C(=O)c1c[nH]c2c(C(=O)O)ccnc12.CC1CN(C(=O)c2ccccc2)CCN1C(=O)C(=O)c1c[nH]c2c(C(=O)Oc3c(F)c(F)c(F)c(F)c3F)ccnc12.CCN(C(C)C)C(C)C.Cc1csc(N)n1.Cc1csc(NC(=O)c2ccnc3c(C(=O)C(=O)N4CCN(C(=O)c5ccccc5)CC4C)c[nH]c23)n1.[2H]CF. The molecule has 3 unspecified atom stereocenters. The standard InChI is InChI=1S/C28H19F5N4O5.C26H24N6O4S.C22H20N4O5.C8H19N.C4H6N2S.CH3F/c1-13-12-36(26(39)14-5-3-2-4-6-14)9-10-37(13)27(40)24(38)16-11-35-22-15(7-8-34-23(16)22)28(41)42-25-20(32)18(30)17(29)19(31)21(25)33;1-15-14-37-26(29-15)30-23(34)18-8-9-27-21-19(12-28-20(18)21)22(33)25(36)32-11-10-31(13-16(32)2)24(35)17-6-4-3-5-7-17;1-13-12-25(20(28)14-5-3-2-4-6-14)9-10-26(13)21(29)19(27)16-11-24-17-15(22(30)31)7-8-23-18(16)17;1-6-9(7(2)3)8(4)5;1-3-2-7-4(5)6-3;1-2/h2-8,11,13,35H,9-10,12H2,1H3;3-9,12,14,16,28H,10-11,13H2,1-2H3,(H,29,30,34);2-8,11,13,24H,9-10,12H2,1H3,(H,30,31);7-8H,6H2,1-5H3;2H,1H3,(H2,5,6);1H3/i;;;;;1D. The number of carboxylic acid groups (broad SMARTS) is 1. The van der Waals surface area contributed by atoms with Crippen LogP contribution in [0.1, 0.15) is 161 Å². The Morgan fingerprint density at radius 2 is 0.844 bits per heavy atom. The highest BCUT2D eigenvalue weighted by Crippen LogP contribution is 2.33. The number of nitrogens with two attached hydrogens (primary N) is 1. The number of carbonyl (C=O) groups excluding carboxylic acids is 11. The van der Waals surface area contributed by atoms with Gasteiger partial charge in [-0.3, -0.25) is 77.5 Å². The number of Topliss-reactive ketones (excluding diaryl/α,β-unsaturated/α-hetero) is 3. The van der Waals surface area contributed by atoms with E-state index >= 15 is 0 Å². The fourth-order valence-corrected chi connectivity index (χ4v) is 15.8. The van der Waals surface area contributed by atoms with Crippen molar-refractivity contribution in [1.82, 2.24) is 74.2 Å². The first-order valence-corrected chi connectivity index (χ1v) is 41.7. The molecular weight excluding hydrogens is 1710 g/mol. The molecule has 0 bridgehead atoms. The zero-order chi connectivity index (χ0) is 93.9. The smallest absolute Gasteiger partial charge is 0.346 e. The van der Waals surface area contributed by atoms with Crippen LogP contribution in [0.2, 0.25) is 0 Å². The first-order chi connectivity index (χ1) is 61.5. The maximum absolute atomic E-state index is 14.0. The van der Waals surface area contributed by atoms with Gasteiger partial charge in [0.25, 0.3) is 58.7 Å². The molecule has 128 heavy (non-hydrogen) atoms. The maximum Gasteiger partial charge on any atom is 0.346 e. The number of benzene rings is 4. The number of carbonyl (C=O) groups is 12. The third kappa shape index (κ3) is 22.0. The van der Waals surface area contributed by atoms with Gasteiger partial charge in [0.05, 0.1) is 69.8 Å². The average Bonchev–Trinajstić information content (AvgIpc) is 1.69. The monoisotopic (exact) mass is 1800 g/mol. The molecule has 0 spiro atoms. The number of ketones is 3. The molecule has 4 aromatic carbocycles. The van der Waals surface area contributed by atoms with Crippen molar-refractivity contribution in [2.75, 3.05) is 83.7 Å². The van der Waals surface area contributed by atoms with Crippen molar-refractivity contribution in [2.24, 2.45) is 0 Å². The third-order valence-electron chi connectivity index (χ3n) is 20.8. The lowest BCUT2D eigenvalue weighted by Crippen LogP contribution is -2.56. The molecule has 3 aliphatic heterocycles. The zero-order valence-corrected chi connectivity index (χ0v) is 72.6. The quantitative estimate of drug-likeness (QED) is 0.00938. The molecule has 670 valence electrons. The van der Waals surface area contributed by atoms with Gasteiger partial charge in [-0.05, 0) is 123 Å². The second kappa shape index (κ2) is 43.1. The van der Waals surface area contributed by atoms with Crippen molar-refractivity contribution in [1.29, 1.82) is 0 Å². The molecule has 12 aromatic rings. The van der Waals surface area contributed by atoms with Gasteiger partial charge in [-0.15, -0.1) is 22.7 Å². The van der Waals surface area contributed by atoms with Gasteiger partial charge in [-0.2, -0.15) is 8.78 Å². The lowest BCUT2D eigenvalue weighted by Gasteiger charge is -2.39. The Bertz CT molecular complexity index is 6090. The Balaban J connectivity index is 0.000000183. The van der Waals surface area contributed by atoms with Crippen LogP contribution in [0.15, 0.2) is 157 Å². The highest BCUT2D eigenvalue weighted by molar-refractivity contribution is 7.14. The van der Waals surface area contributed by atoms with E-state index in [1.165, 1.54) is 74.3 Å². The van der Waals surface area contributed by atoms with Gasteiger partial charge in [0.15, 0.2) is 10.3 Å². The van der Waals surface area contributed by atoms with E-state index in [1.807, 2.05) is 43.7 Å². The summed E-state index contributed by atoms with van der Waals surface area (Å²) >= 11 is 2.78. The molecule has 31 nitrogen and oxygen atoms in total. The molecule has 3 fully saturated rings. The van der Waals surface area contributed by atoms with Crippen LogP contribution < -0.4 is 15.8 Å². The Hall–Kier alpha value is -14.2. The average molecular weight is 1800 g/mol. The van der Waals surface area contributed by atoms with Gasteiger partial charge >= 0.3 is 11.9 Å². The molecular formula is C89H91F6N17O14S2. The molecule has 39 heteroatoms. The van der Waals surface area contributed by atoms with Gasteiger partial charge < -0.3 is 59.9 Å². The van der Waals surface area contributed by atoms with Crippen LogP contribution in [0, 0.1) is 42.9 Å². The molecule has 15 rings (SSSR count). The summed E-state index contributed by atoms with van der Waals surface area (Å²) in [5.41, 5.74) is 8.97. The Labute approximate surface area is 738 Å². The van der Waals surface area contributed by atoms with E-state index in [1.54, 1.807) is 107 Å². The van der Waals surface area contributed by atoms with E-state index in [4.69, 9.17) is 7.10 Å². The molecule has 0 radical (unpaired) electrons. The number of rotatable bonds is 17. The maximum atomic E-state index is 14.0. The second-order valence-corrected chi connectivity index (χ2v) is 31.7. The summed E-state index contributed by atoms with van der Waals surface area (Å²) in [6, 6.07) is 30.5. The number of nitrogens with zero attached hydrogens (tertiary/aromatic N) is 12. The normalized spacial score (nSPS) is 14.9. The number of thiazole rings is 2.